The van der Waals surface area contributed by atoms with Crippen molar-refractivity contribution in [2.75, 3.05) is 12.4 Å². The molecule has 1 aromatic heterocycles. The molecule has 7 heteroatoms. The van der Waals surface area contributed by atoms with Crippen LogP contribution in [0.3, 0.4) is 0 Å². The number of hydrogen-bond donors (Lipinski definition) is 2. The minimum absolute atomic E-state index is 0.0534. The van der Waals surface area contributed by atoms with Gasteiger partial charge >= 0.3 is 0 Å². The number of carbonyl (C=O) groups excluding carboxylic acids is 1. The fourth-order valence-corrected chi connectivity index (χ4v) is 2.36. The topological polar surface area (TPSA) is 84.3 Å². The lowest BCUT2D eigenvalue weighted by molar-refractivity contribution is -0.383. The van der Waals surface area contributed by atoms with E-state index in [-0.39, 0.29) is 11.6 Å². The summed E-state index contributed by atoms with van der Waals surface area (Å²) < 4.78 is 0. The Hall–Kier alpha value is -2.41. The molecule has 0 aliphatic heterocycles. The van der Waals surface area contributed by atoms with Gasteiger partial charge in [0.05, 0.1) is 11.5 Å². The van der Waals surface area contributed by atoms with Crippen LogP contribution in [0.1, 0.15) is 15.2 Å². The third-order valence-corrected chi connectivity index (χ3v) is 3.60. The van der Waals surface area contributed by atoms with Crippen molar-refractivity contribution in [2.24, 2.45) is 0 Å². The number of nitro groups is 1. The van der Waals surface area contributed by atoms with Gasteiger partial charge in [-0.15, -0.1) is 11.3 Å². The number of thiophene rings is 1. The van der Waals surface area contributed by atoms with Crippen LogP contribution < -0.4 is 10.6 Å². The Balaban J connectivity index is 2.12. The number of amides is 1. The zero-order valence-electron chi connectivity index (χ0n) is 10.8. The monoisotopic (exact) mass is 291 g/mol. The molecule has 0 radical (unpaired) electrons. The Bertz CT molecular complexity index is 626. The van der Waals surface area contributed by atoms with Crippen LogP contribution >= 0.6 is 11.3 Å². The highest BCUT2D eigenvalue weighted by molar-refractivity contribution is 7.09. The molecule has 0 spiro atoms. The van der Waals surface area contributed by atoms with Crippen LogP contribution in [0.25, 0.3) is 0 Å². The van der Waals surface area contributed by atoms with Gasteiger partial charge in [-0.25, -0.2) is 0 Å². The summed E-state index contributed by atoms with van der Waals surface area (Å²) in [5.74, 6) is -0.259. The van der Waals surface area contributed by atoms with Gasteiger partial charge in [-0.05, 0) is 23.6 Å². The van der Waals surface area contributed by atoms with E-state index in [0.717, 1.165) is 4.88 Å². The van der Waals surface area contributed by atoms with Crippen molar-refractivity contribution in [3.05, 3.63) is 56.3 Å². The molecular weight excluding hydrogens is 278 g/mol. The van der Waals surface area contributed by atoms with Gasteiger partial charge in [0.2, 0.25) is 0 Å². The van der Waals surface area contributed by atoms with Gasteiger partial charge in [-0.1, -0.05) is 6.07 Å². The van der Waals surface area contributed by atoms with Crippen LogP contribution in [-0.4, -0.2) is 17.9 Å². The molecule has 0 bridgehead atoms. The van der Waals surface area contributed by atoms with Crippen molar-refractivity contribution in [2.45, 2.75) is 6.54 Å². The van der Waals surface area contributed by atoms with E-state index in [0.29, 0.717) is 17.8 Å². The van der Waals surface area contributed by atoms with Crippen molar-refractivity contribution in [1.82, 2.24) is 5.32 Å². The van der Waals surface area contributed by atoms with Gasteiger partial charge in [0.1, 0.15) is 5.69 Å². The molecule has 0 aliphatic rings. The van der Waals surface area contributed by atoms with E-state index in [1.807, 2.05) is 17.5 Å². The molecule has 1 aromatic carbocycles. The molecule has 1 heterocycles. The molecule has 1 amide bonds. The summed E-state index contributed by atoms with van der Waals surface area (Å²) in [7, 11) is 1.58. The average Bonchev–Trinajstić information content (AvgIpc) is 2.97. The number of nitrogens with one attached hydrogen (secondary N) is 2. The quantitative estimate of drug-likeness (QED) is 0.655. The lowest BCUT2D eigenvalue weighted by atomic mass is 10.1. The molecule has 0 aliphatic carbocycles. The van der Waals surface area contributed by atoms with E-state index in [1.54, 1.807) is 18.4 Å². The number of anilines is 1. The predicted molar refractivity (Wildman–Crippen MR) is 78.1 cm³/mol. The molecule has 0 unspecified atom stereocenters. The molecule has 0 atom stereocenters. The van der Waals surface area contributed by atoms with E-state index >= 15 is 0 Å². The molecule has 0 saturated carbocycles. The summed E-state index contributed by atoms with van der Waals surface area (Å²) in [6.45, 7) is 0.447. The lowest BCUT2D eigenvalue weighted by Gasteiger charge is -2.06. The van der Waals surface area contributed by atoms with E-state index in [9.17, 15) is 14.9 Å². The molecule has 20 heavy (non-hydrogen) atoms. The highest BCUT2D eigenvalue weighted by atomic mass is 32.1. The minimum atomic E-state index is -0.487. The summed E-state index contributed by atoms with van der Waals surface area (Å²) in [6.07, 6.45) is 0. The fourth-order valence-electron chi connectivity index (χ4n) is 1.72. The lowest BCUT2D eigenvalue weighted by Crippen LogP contribution is -2.22. The molecule has 0 saturated heterocycles. The first kappa shape index (κ1) is 14.0. The van der Waals surface area contributed by atoms with Crippen molar-refractivity contribution >= 4 is 28.6 Å². The predicted octanol–water partition coefficient (Wildman–Crippen LogP) is 2.63. The van der Waals surface area contributed by atoms with Crippen LogP contribution in [0.15, 0.2) is 35.7 Å². The summed E-state index contributed by atoms with van der Waals surface area (Å²) in [6, 6.07) is 8.09. The third kappa shape index (κ3) is 3.12. The first-order valence-electron chi connectivity index (χ1n) is 5.88. The van der Waals surface area contributed by atoms with E-state index in [2.05, 4.69) is 10.6 Å². The Labute approximate surface area is 119 Å². The van der Waals surface area contributed by atoms with Gasteiger partial charge in [0.25, 0.3) is 11.6 Å². The van der Waals surface area contributed by atoms with Crippen LogP contribution in [0.4, 0.5) is 11.4 Å². The van der Waals surface area contributed by atoms with Gasteiger partial charge in [-0.2, -0.15) is 0 Å². The van der Waals surface area contributed by atoms with E-state index in [4.69, 9.17) is 0 Å². The zero-order chi connectivity index (χ0) is 14.5. The third-order valence-electron chi connectivity index (χ3n) is 2.73. The summed E-state index contributed by atoms with van der Waals surface area (Å²) in [5.41, 5.74) is 0.651. The van der Waals surface area contributed by atoms with Crippen molar-refractivity contribution in [3.8, 4) is 0 Å². The number of carbonyl (C=O) groups is 1. The van der Waals surface area contributed by atoms with Crippen LogP contribution in [0.5, 0.6) is 0 Å². The fraction of sp³-hybridized carbons (Fsp3) is 0.154. The van der Waals surface area contributed by atoms with Crippen molar-refractivity contribution < 1.29 is 9.72 Å². The molecule has 0 fully saturated rings. The second kappa shape index (κ2) is 6.16. The first-order valence-corrected chi connectivity index (χ1v) is 6.76. The largest absolute Gasteiger partial charge is 0.383 e. The molecular formula is C13H13N3O3S. The summed E-state index contributed by atoms with van der Waals surface area (Å²) >= 11 is 1.56. The van der Waals surface area contributed by atoms with Gasteiger partial charge in [0, 0.05) is 23.6 Å². The number of rotatable bonds is 5. The maximum atomic E-state index is 12.0. The summed E-state index contributed by atoms with van der Waals surface area (Å²) in [4.78, 5) is 23.4. The van der Waals surface area contributed by atoms with Gasteiger partial charge in [-0.3, -0.25) is 14.9 Å². The Kier molecular flexibility index (Phi) is 4.31. The van der Waals surface area contributed by atoms with Crippen LogP contribution in [0, 0.1) is 10.1 Å². The molecule has 2 rings (SSSR count). The van der Waals surface area contributed by atoms with E-state index in [1.165, 1.54) is 18.2 Å². The van der Waals surface area contributed by atoms with Crippen molar-refractivity contribution in [1.29, 1.82) is 0 Å². The van der Waals surface area contributed by atoms with Gasteiger partial charge < -0.3 is 10.6 Å². The number of nitrogens with zero attached hydrogens (tertiary/aromatic N) is 1. The molecule has 104 valence electrons. The SMILES string of the molecule is CNc1cc(C(=O)NCc2cccs2)ccc1[N+](=O)[O-]. The standard InChI is InChI=1S/C13H13N3O3S/c1-14-11-7-9(4-5-12(11)16(18)19)13(17)15-8-10-3-2-6-20-10/h2-7,14H,8H2,1H3,(H,15,17). The smallest absolute Gasteiger partial charge is 0.292 e. The minimum Gasteiger partial charge on any atom is -0.383 e. The maximum absolute atomic E-state index is 12.0. The van der Waals surface area contributed by atoms with Crippen LogP contribution in [0.2, 0.25) is 0 Å². The zero-order valence-corrected chi connectivity index (χ0v) is 11.6. The second-order valence-corrected chi connectivity index (χ2v) is 5.03. The Morgan fingerprint density at radius 2 is 2.20 bits per heavy atom. The number of benzene rings is 1. The highest BCUT2D eigenvalue weighted by Crippen LogP contribution is 2.24. The first-order chi connectivity index (χ1) is 9.61. The Morgan fingerprint density at radius 1 is 1.40 bits per heavy atom. The average molecular weight is 291 g/mol. The molecule has 2 N–H and O–H groups in total. The summed E-state index contributed by atoms with van der Waals surface area (Å²) in [5, 5.41) is 18.2. The molecule has 2 aromatic rings. The normalized spacial score (nSPS) is 10.1. The second-order valence-electron chi connectivity index (χ2n) is 4.00. The number of nitro benzene ring substituents is 1. The highest BCUT2D eigenvalue weighted by Gasteiger charge is 2.15. The number of hydrogen-bond acceptors (Lipinski definition) is 5. The van der Waals surface area contributed by atoms with Crippen LogP contribution in [-0.2, 0) is 6.54 Å². The van der Waals surface area contributed by atoms with Gasteiger partial charge in [0.15, 0.2) is 0 Å². The molecule has 6 nitrogen and oxygen atoms in total. The van der Waals surface area contributed by atoms with Crippen molar-refractivity contribution in [3.63, 3.8) is 0 Å². The Morgan fingerprint density at radius 3 is 2.80 bits per heavy atom. The maximum Gasteiger partial charge on any atom is 0.292 e. The van der Waals surface area contributed by atoms with E-state index < -0.39 is 4.92 Å².